The van der Waals surface area contributed by atoms with E-state index in [2.05, 4.69) is 5.32 Å². The Morgan fingerprint density at radius 3 is 2.36 bits per heavy atom. The number of benzene rings is 1. The minimum atomic E-state index is -3.46. The second-order valence-electron chi connectivity index (χ2n) is 6.19. The highest BCUT2D eigenvalue weighted by molar-refractivity contribution is 7.89. The van der Waals surface area contributed by atoms with Gasteiger partial charge < -0.3 is 5.32 Å². The van der Waals surface area contributed by atoms with Crippen LogP contribution >= 0.6 is 24.0 Å². The number of halogens is 2. The summed E-state index contributed by atoms with van der Waals surface area (Å²) in [7, 11) is -1.75. The molecule has 3 rings (SSSR count). The molecule has 0 aliphatic carbocycles. The van der Waals surface area contributed by atoms with Crippen molar-refractivity contribution in [2.75, 3.05) is 7.05 Å². The second kappa shape index (κ2) is 6.65. The number of fused-ring (bicyclic) bond motifs is 2. The van der Waals surface area contributed by atoms with E-state index < -0.39 is 10.0 Å². The predicted octanol–water partition coefficient (Wildman–Crippen LogP) is 2.97. The quantitative estimate of drug-likeness (QED) is 0.896. The van der Waals surface area contributed by atoms with Gasteiger partial charge in [0.15, 0.2) is 0 Å². The summed E-state index contributed by atoms with van der Waals surface area (Å²) >= 11 is 5.93. The number of piperidine rings is 1. The molecular weight excluding hydrogens is 343 g/mol. The summed E-state index contributed by atoms with van der Waals surface area (Å²) in [4.78, 5) is 0.361. The summed E-state index contributed by atoms with van der Waals surface area (Å²) in [6.07, 6.45) is 4.13. The maximum atomic E-state index is 12.9. The van der Waals surface area contributed by atoms with E-state index in [-0.39, 0.29) is 18.4 Å². The first kappa shape index (κ1) is 18.0. The zero-order chi connectivity index (χ0) is 15.2. The molecule has 2 aliphatic rings. The summed E-state index contributed by atoms with van der Waals surface area (Å²) in [6.45, 7) is 1.79. The van der Waals surface area contributed by atoms with Crippen LogP contribution in [0.3, 0.4) is 0 Å². The summed E-state index contributed by atoms with van der Waals surface area (Å²) < 4.78 is 27.3. The van der Waals surface area contributed by atoms with Crippen molar-refractivity contribution in [1.29, 1.82) is 0 Å². The molecule has 1 N–H and O–H groups in total. The van der Waals surface area contributed by atoms with Crippen molar-refractivity contribution in [3.63, 3.8) is 0 Å². The molecule has 1 aromatic carbocycles. The van der Waals surface area contributed by atoms with Crippen LogP contribution in [0.2, 0.25) is 5.02 Å². The van der Waals surface area contributed by atoms with E-state index in [1.807, 2.05) is 0 Å². The first-order valence-electron chi connectivity index (χ1n) is 7.38. The van der Waals surface area contributed by atoms with E-state index in [1.54, 1.807) is 36.5 Å². The molecule has 4 nitrogen and oxygen atoms in total. The number of sulfonamides is 1. The SMILES string of the molecule is Cc1cc(Cl)ccc1S(=O)(=O)N(C)C1CC2CCC(C1)N2.Cl. The molecule has 22 heavy (non-hydrogen) atoms. The molecule has 0 spiro atoms. The maximum Gasteiger partial charge on any atom is 0.243 e. The highest BCUT2D eigenvalue weighted by atomic mass is 35.5. The Hall–Kier alpha value is -0.330. The standard InChI is InChI=1S/C15H21ClN2O2S.ClH/c1-10-7-11(16)3-6-15(10)21(19,20)18(2)14-8-12-4-5-13(9-14)17-12;/h3,6-7,12-14,17H,4-5,8-9H2,1-2H3;1H. The van der Waals surface area contributed by atoms with Gasteiger partial charge in [-0.2, -0.15) is 4.31 Å². The minimum Gasteiger partial charge on any atom is -0.311 e. The second-order valence-corrected chi connectivity index (χ2v) is 8.60. The number of nitrogens with one attached hydrogen (secondary N) is 1. The Morgan fingerprint density at radius 1 is 1.23 bits per heavy atom. The minimum absolute atomic E-state index is 0. The summed E-state index contributed by atoms with van der Waals surface area (Å²) in [5.41, 5.74) is 0.700. The van der Waals surface area contributed by atoms with Crippen LogP contribution in [0.25, 0.3) is 0 Å². The third-order valence-electron chi connectivity index (χ3n) is 4.76. The highest BCUT2D eigenvalue weighted by Gasteiger charge is 2.39. The molecule has 2 heterocycles. The molecule has 124 valence electrons. The Kier molecular flexibility index (Phi) is 5.45. The van der Waals surface area contributed by atoms with Crippen LogP contribution in [0.5, 0.6) is 0 Å². The van der Waals surface area contributed by atoms with Gasteiger partial charge in [-0.1, -0.05) is 11.6 Å². The average molecular weight is 365 g/mol. The summed E-state index contributed by atoms with van der Waals surface area (Å²) in [5, 5.41) is 4.11. The first-order valence-corrected chi connectivity index (χ1v) is 9.20. The molecule has 2 fully saturated rings. The Balaban J connectivity index is 0.00000176. The van der Waals surface area contributed by atoms with Crippen LogP contribution in [-0.2, 0) is 10.0 Å². The summed E-state index contributed by atoms with van der Waals surface area (Å²) in [5.74, 6) is 0. The molecule has 1 aromatic rings. The van der Waals surface area contributed by atoms with Crippen molar-refractivity contribution in [1.82, 2.24) is 9.62 Å². The van der Waals surface area contributed by atoms with Crippen LogP contribution in [-0.4, -0.2) is 37.9 Å². The van der Waals surface area contributed by atoms with Crippen LogP contribution < -0.4 is 5.32 Å². The largest absolute Gasteiger partial charge is 0.311 e. The molecule has 7 heteroatoms. The van der Waals surface area contributed by atoms with E-state index in [9.17, 15) is 8.42 Å². The molecule has 2 atom stereocenters. The van der Waals surface area contributed by atoms with Gasteiger partial charge >= 0.3 is 0 Å². The smallest absolute Gasteiger partial charge is 0.243 e. The van der Waals surface area contributed by atoms with Gasteiger partial charge in [-0.3, -0.25) is 0 Å². The van der Waals surface area contributed by atoms with Gasteiger partial charge in [-0.15, -0.1) is 12.4 Å². The Morgan fingerprint density at radius 2 is 1.82 bits per heavy atom. The third kappa shape index (κ3) is 3.29. The molecule has 2 aliphatic heterocycles. The lowest BCUT2D eigenvalue weighted by atomic mass is 10.0. The van der Waals surface area contributed by atoms with Crippen molar-refractivity contribution >= 4 is 34.0 Å². The average Bonchev–Trinajstić information content (AvgIpc) is 2.76. The van der Waals surface area contributed by atoms with Gasteiger partial charge in [0, 0.05) is 30.2 Å². The number of nitrogens with zero attached hydrogens (tertiary/aromatic N) is 1. The van der Waals surface area contributed by atoms with Gasteiger partial charge in [0.05, 0.1) is 4.90 Å². The van der Waals surface area contributed by atoms with E-state index in [4.69, 9.17) is 11.6 Å². The predicted molar refractivity (Wildman–Crippen MR) is 91.4 cm³/mol. The van der Waals surface area contributed by atoms with Crippen molar-refractivity contribution < 1.29 is 8.42 Å². The van der Waals surface area contributed by atoms with Crippen molar-refractivity contribution in [3.05, 3.63) is 28.8 Å². The van der Waals surface area contributed by atoms with Gasteiger partial charge in [0.25, 0.3) is 0 Å². The fourth-order valence-corrected chi connectivity index (χ4v) is 5.39. The van der Waals surface area contributed by atoms with Crippen LogP contribution in [0.15, 0.2) is 23.1 Å². The van der Waals surface area contributed by atoms with E-state index >= 15 is 0 Å². The monoisotopic (exact) mass is 364 g/mol. The van der Waals surface area contributed by atoms with E-state index in [0.29, 0.717) is 27.6 Å². The van der Waals surface area contributed by atoms with Crippen molar-refractivity contribution in [3.8, 4) is 0 Å². The zero-order valence-corrected chi connectivity index (χ0v) is 15.1. The molecule has 2 bridgehead atoms. The first-order chi connectivity index (χ1) is 9.88. The molecule has 0 aromatic heterocycles. The Labute approximate surface area is 143 Å². The molecular formula is C15H22Cl2N2O2S. The van der Waals surface area contributed by atoms with Crippen molar-refractivity contribution in [2.45, 2.75) is 55.6 Å². The molecule has 0 radical (unpaired) electrons. The fourth-order valence-electron chi connectivity index (χ4n) is 3.58. The van der Waals surface area contributed by atoms with Gasteiger partial charge in [-0.25, -0.2) is 8.42 Å². The van der Waals surface area contributed by atoms with Crippen LogP contribution in [0, 0.1) is 6.92 Å². The van der Waals surface area contributed by atoms with E-state index in [0.717, 1.165) is 25.7 Å². The molecule has 0 saturated carbocycles. The normalized spacial score (nSPS) is 27.7. The molecule has 2 unspecified atom stereocenters. The third-order valence-corrected chi connectivity index (χ3v) is 7.06. The van der Waals surface area contributed by atoms with Crippen molar-refractivity contribution in [2.24, 2.45) is 0 Å². The lowest BCUT2D eigenvalue weighted by molar-refractivity contribution is 0.251. The zero-order valence-electron chi connectivity index (χ0n) is 12.8. The van der Waals surface area contributed by atoms with Gasteiger partial charge in [-0.05, 0) is 56.4 Å². The number of aryl methyl sites for hydroxylation is 1. The number of hydrogen-bond donors (Lipinski definition) is 1. The summed E-state index contributed by atoms with van der Waals surface area (Å²) in [6, 6.07) is 5.98. The molecule has 2 saturated heterocycles. The van der Waals surface area contributed by atoms with Crippen LogP contribution in [0.4, 0.5) is 0 Å². The molecule has 0 amide bonds. The lowest BCUT2D eigenvalue weighted by Gasteiger charge is -2.35. The number of hydrogen-bond acceptors (Lipinski definition) is 3. The highest BCUT2D eigenvalue weighted by Crippen LogP contribution is 2.32. The number of rotatable bonds is 3. The topological polar surface area (TPSA) is 49.4 Å². The van der Waals surface area contributed by atoms with E-state index in [1.165, 1.54) is 0 Å². The van der Waals surface area contributed by atoms with Gasteiger partial charge in [0.2, 0.25) is 10.0 Å². The maximum absolute atomic E-state index is 12.9. The van der Waals surface area contributed by atoms with Gasteiger partial charge in [0.1, 0.15) is 0 Å². The Bertz CT molecular complexity index is 639. The lowest BCUT2D eigenvalue weighted by Crippen LogP contribution is -2.48. The van der Waals surface area contributed by atoms with Crippen LogP contribution in [0.1, 0.15) is 31.2 Å². The fraction of sp³-hybridized carbons (Fsp3) is 0.600.